The van der Waals surface area contributed by atoms with Crippen molar-refractivity contribution in [2.75, 3.05) is 18.5 Å². The van der Waals surface area contributed by atoms with Crippen molar-refractivity contribution in [3.63, 3.8) is 0 Å². The number of aromatic nitrogens is 1. The second kappa shape index (κ2) is 7.18. The van der Waals surface area contributed by atoms with Crippen molar-refractivity contribution in [1.82, 2.24) is 10.3 Å². The molecule has 1 aliphatic rings. The number of aryl methyl sites for hydroxylation is 1. The molecule has 0 bridgehead atoms. The van der Waals surface area contributed by atoms with E-state index in [4.69, 9.17) is 10.3 Å². The standard InChI is InChI=1S/C10H17N3S.CH4O3S/c1-2-5-12-7-3-4-8-9(6-7)14-10(11)13-8;1-5(2,3)4/h7,12H,2-6H2,1H3,(H2,11,13);1H3,(H,2,3,4)/t7-;/m0./s1. The van der Waals surface area contributed by atoms with Crippen LogP contribution in [0.25, 0.3) is 0 Å². The molecule has 1 aliphatic carbocycles. The van der Waals surface area contributed by atoms with E-state index in [0.29, 0.717) is 12.3 Å². The average Bonchev–Trinajstić information content (AvgIpc) is 2.63. The largest absolute Gasteiger partial charge is 0.375 e. The normalized spacial score (nSPS) is 18.4. The molecule has 0 spiro atoms. The molecular weight excluding hydrogens is 286 g/mol. The maximum Gasteiger partial charge on any atom is 0.261 e. The Kier molecular flexibility index (Phi) is 6.18. The maximum atomic E-state index is 9.19. The Morgan fingerprint density at radius 3 is 2.79 bits per heavy atom. The van der Waals surface area contributed by atoms with Crippen molar-refractivity contribution in [2.24, 2.45) is 0 Å². The predicted molar refractivity (Wildman–Crippen MR) is 78.1 cm³/mol. The third-order valence-electron chi connectivity index (χ3n) is 2.64. The molecule has 0 unspecified atom stereocenters. The van der Waals surface area contributed by atoms with Crippen molar-refractivity contribution in [3.05, 3.63) is 10.6 Å². The molecule has 1 aromatic rings. The molecule has 6 nitrogen and oxygen atoms in total. The van der Waals surface area contributed by atoms with Gasteiger partial charge >= 0.3 is 0 Å². The Morgan fingerprint density at radius 1 is 1.58 bits per heavy atom. The summed E-state index contributed by atoms with van der Waals surface area (Å²) in [6.45, 7) is 3.32. The Balaban J connectivity index is 0.000000312. The molecule has 0 amide bonds. The summed E-state index contributed by atoms with van der Waals surface area (Å²) in [4.78, 5) is 5.73. The monoisotopic (exact) mass is 307 g/mol. The molecule has 0 saturated heterocycles. The van der Waals surface area contributed by atoms with Crippen LogP contribution in [-0.4, -0.2) is 36.8 Å². The Morgan fingerprint density at radius 2 is 2.21 bits per heavy atom. The highest BCUT2D eigenvalue weighted by Gasteiger charge is 2.21. The number of thiazole rings is 1. The number of anilines is 1. The molecule has 8 heteroatoms. The van der Waals surface area contributed by atoms with Crippen LogP contribution in [0.2, 0.25) is 0 Å². The summed E-state index contributed by atoms with van der Waals surface area (Å²) in [5.41, 5.74) is 6.93. The van der Waals surface area contributed by atoms with Crippen LogP contribution in [-0.2, 0) is 23.0 Å². The van der Waals surface area contributed by atoms with Crippen LogP contribution in [0.4, 0.5) is 5.13 Å². The van der Waals surface area contributed by atoms with Gasteiger partial charge in [-0.2, -0.15) is 8.42 Å². The van der Waals surface area contributed by atoms with Gasteiger partial charge in [0.05, 0.1) is 11.9 Å². The van der Waals surface area contributed by atoms with Crippen LogP contribution in [0.15, 0.2) is 0 Å². The fourth-order valence-corrected chi connectivity index (χ4v) is 2.88. The van der Waals surface area contributed by atoms with Crippen molar-refractivity contribution >= 4 is 26.6 Å². The van der Waals surface area contributed by atoms with Crippen LogP contribution in [0.3, 0.4) is 0 Å². The topological polar surface area (TPSA) is 105 Å². The first kappa shape index (κ1) is 16.4. The first-order chi connectivity index (χ1) is 8.79. The second-order valence-electron chi connectivity index (χ2n) is 4.55. The molecule has 0 radical (unpaired) electrons. The van der Waals surface area contributed by atoms with Gasteiger partial charge in [0.15, 0.2) is 5.13 Å². The van der Waals surface area contributed by atoms with Gasteiger partial charge in [-0.05, 0) is 32.2 Å². The lowest BCUT2D eigenvalue weighted by molar-refractivity contribution is 0.460. The lowest BCUT2D eigenvalue weighted by atomic mass is 9.98. The predicted octanol–water partition coefficient (Wildman–Crippen LogP) is 1.09. The molecule has 110 valence electrons. The number of nitrogens with one attached hydrogen (secondary N) is 1. The fraction of sp³-hybridized carbons (Fsp3) is 0.727. The van der Waals surface area contributed by atoms with Crippen molar-refractivity contribution in [3.8, 4) is 0 Å². The molecule has 0 fully saturated rings. The van der Waals surface area contributed by atoms with E-state index < -0.39 is 10.1 Å². The summed E-state index contributed by atoms with van der Waals surface area (Å²) in [6, 6.07) is 0.641. The highest BCUT2D eigenvalue weighted by Crippen LogP contribution is 2.27. The van der Waals surface area contributed by atoms with Gasteiger partial charge in [0.1, 0.15) is 0 Å². The molecule has 4 N–H and O–H groups in total. The number of nitrogens with two attached hydrogens (primary N) is 1. The van der Waals surface area contributed by atoms with Crippen LogP contribution >= 0.6 is 11.3 Å². The lowest BCUT2D eigenvalue weighted by Crippen LogP contribution is -2.34. The SMILES string of the molecule is CCCN[C@H]1CCc2nc(N)sc2C1.CS(=O)(=O)O. The Labute approximate surface area is 118 Å². The summed E-state index contributed by atoms with van der Waals surface area (Å²) >= 11 is 1.65. The number of nitrogens with zero attached hydrogens (tertiary/aromatic N) is 1. The summed E-state index contributed by atoms with van der Waals surface area (Å²) < 4.78 is 25.9. The summed E-state index contributed by atoms with van der Waals surface area (Å²) in [6.07, 6.45) is 5.33. The highest BCUT2D eigenvalue weighted by atomic mass is 32.2. The first-order valence-electron chi connectivity index (χ1n) is 6.19. The van der Waals surface area contributed by atoms with E-state index in [-0.39, 0.29) is 0 Å². The number of hydrogen-bond donors (Lipinski definition) is 3. The molecule has 1 aromatic heterocycles. The zero-order valence-electron chi connectivity index (χ0n) is 11.2. The van der Waals surface area contributed by atoms with E-state index >= 15 is 0 Å². The third kappa shape index (κ3) is 6.86. The molecule has 0 aromatic carbocycles. The molecule has 1 atom stereocenters. The second-order valence-corrected chi connectivity index (χ2v) is 7.13. The minimum absolute atomic E-state index is 0.641. The average molecular weight is 307 g/mol. The quantitative estimate of drug-likeness (QED) is 0.722. The smallest absolute Gasteiger partial charge is 0.261 e. The fourth-order valence-electron chi connectivity index (χ4n) is 1.92. The van der Waals surface area contributed by atoms with Gasteiger partial charge in [-0.3, -0.25) is 4.55 Å². The number of rotatable bonds is 3. The number of nitrogen functional groups attached to an aromatic ring is 1. The summed E-state index contributed by atoms with van der Waals surface area (Å²) in [5.74, 6) is 0. The van der Waals surface area contributed by atoms with E-state index in [1.54, 1.807) is 11.3 Å². The van der Waals surface area contributed by atoms with Gasteiger partial charge in [-0.1, -0.05) is 6.92 Å². The van der Waals surface area contributed by atoms with Crippen LogP contribution in [0.5, 0.6) is 0 Å². The minimum Gasteiger partial charge on any atom is -0.375 e. The van der Waals surface area contributed by atoms with Crippen LogP contribution < -0.4 is 11.1 Å². The van der Waals surface area contributed by atoms with Gasteiger partial charge < -0.3 is 11.1 Å². The highest BCUT2D eigenvalue weighted by molar-refractivity contribution is 7.85. The van der Waals surface area contributed by atoms with Crippen LogP contribution in [0.1, 0.15) is 30.3 Å². The van der Waals surface area contributed by atoms with E-state index in [1.807, 2.05) is 0 Å². The van der Waals surface area contributed by atoms with Crippen molar-refractivity contribution < 1.29 is 13.0 Å². The minimum atomic E-state index is -3.67. The zero-order valence-corrected chi connectivity index (χ0v) is 12.9. The zero-order chi connectivity index (χ0) is 14.5. The number of fused-ring (bicyclic) bond motifs is 1. The van der Waals surface area contributed by atoms with E-state index in [9.17, 15) is 8.42 Å². The van der Waals surface area contributed by atoms with Crippen molar-refractivity contribution in [1.29, 1.82) is 0 Å². The Bertz CT molecular complexity index is 491. The molecule has 0 saturated carbocycles. The van der Waals surface area contributed by atoms with Crippen molar-refractivity contribution in [2.45, 2.75) is 38.6 Å². The maximum absolute atomic E-state index is 9.19. The van der Waals surface area contributed by atoms with E-state index in [0.717, 1.165) is 24.5 Å². The van der Waals surface area contributed by atoms with Gasteiger partial charge in [0.2, 0.25) is 0 Å². The summed E-state index contributed by atoms with van der Waals surface area (Å²) in [5, 5.41) is 4.29. The van der Waals surface area contributed by atoms with Gasteiger partial charge in [-0.15, -0.1) is 11.3 Å². The molecular formula is C11H21N3O3S2. The summed E-state index contributed by atoms with van der Waals surface area (Å²) in [7, 11) is -3.67. The Hall–Kier alpha value is -0.700. The van der Waals surface area contributed by atoms with Crippen LogP contribution in [0, 0.1) is 0 Å². The van der Waals surface area contributed by atoms with Gasteiger partial charge in [-0.25, -0.2) is 4.98 Å². The van der Waals surface area contributed by atoms with Gasteiger partial charge in [0, 0.05) is 10.9 Å². The van der Waals surface area contributed by atoms with E-state index in [1.165, 1.54) is 23.4 Å². The molecule has 0 aliphatic heterocycles. The lowest BCUT2D eigenvalue weighted by Gasteiger charge is -2.21. The molecule has 19 heavy (non-hydrogen) atoms. The third-order valence-corrected chi connectivity index (χ3v) is 3.59. The van der Waals surface area contributed by atoms with Gasteiger partial charge in [0.25, 0.3) is 10.1 Å². The van der Waals surface area contributed by atoms with E-state index in [2.05, 4.69) is 17.2 Å². The molecule has 2 rings (SSSR count). The number of hydrogen-bond acceptors (Lipinski definition) is 6. The molecule has 1 heterocycles. The first-order valence-corrected chi connectivity index (χ1v) is 8.86.